The average Bonchev–Trinajstić information content (AvgIpc) is 3.42. The lowest BCUT2D eigenvalue weighted by molar-refractivity contribution is -0.125. The summed E-state index contributed by atoms with van der Waals surface area (Å²) in [5.41, 5.74) is 2.32. The fourth-order valence-corrected chi connectivity index (χ4v) is 4.93. The van der Waals surface area contributed by atoms with Crippen LogP contribution in [0.4, 0.5) is 15.9 Å². The first-order chi connectivity index (χ1) is 20.5. The smallest absolute Gasteiger partial charge is 0.230 e. The van der Waals surface area contributed by atoms with Gasteiger partial charge in [0.05, 0.1) is 34.5 Å². The Morgan fingerprint density at radius 3 is 2.53 bits per heavy atom. The van der Waals surface area contributed by atoms with E-state index in [2.05, 4.69) is 21.4 Å². The van der Waals surface area contributed by atoms with Gasteiger partial charge in [-0.2, -0.15) is 10.4 Å². The summed E-state index contributed by atoms with van der Waals surface area (Å²) in [6.07, 6.45) is 6.20. The van der Waals surface area contributed by atoms with Gasteiger partial charge < -0.3 is 20.1 Å². The molecule has 9 nitrogen and oxygen atoms in total. The van der Waals surface area contributed by atoms with Crippen molar-refractivity contribution in [1.29, 1.82) is 5.26 Å². The number of amides is 1. The summed E-state index contributed by atoms with van der Waals surface area (Å²) in [5, 5.41) is 27.0. The molecule has 0 unspecified atom stereocenters. The predicted molar refractivity (Wildman–Crippen MR) is 166 cm³/mol. The maximum absolute atomic E-state index is 13.7. The van der Waals surface area contributed by atoms with E-state index >= 15 is 0 Å². The second-order valence-electron chi connectivity index (χ2n) is 11.5. The number of carbonyl (C=O) groups is 1. The van der Waals surface area contributed by atoms with Crippen LogP contribution < -0.4 is 15.0 Å². The largest absolute Gasteiger partial charge is 0.489 e. The van der Waals surface area contributed by atoms with Gasteiger partial charge in [0.1, 0.15) is 30.1 Å². The number of rotatable bonds is 7. The molecule has 4 heterocycles. The molecular weight excluding hydrogens is 547 g/mol. The number of aryl methyl sites for hydroxylation is 1. The number of ether oxygens (including phenoxy) is 1. The van der Waals surface area contributed by atoms with E-state index in [9.17, 15) is 19.6 Å². The monoisotopic (exact) mass is 586 g/mol. The maximum Gasteiger partial charge on any atom is 0.230 e. The summed E-state index contributed by atoms with van der Waals surface area (Å²) in [6, 6.07) is 12.3. The van der Waals surface area contributed by atoms with Gasteiger partial charge in [0.2, 0.25) is 5.91 Å². The molecule has 0 spiro atoms. The SMILES string of the molecule is CC.Cc1ccc(F)cc1NC(=O)C1(C)CCN(c2ccc(-c3cc(OCC(C)(C)O)cn4ncc(C#N)c34)cn2)CC1. The van der Waals surface area contributed by atoms with Crippen molar-refractivity contribution in [1.82, 2.24) is 14.6 Å². The van der Waals surface area contributed by atoms with Crippen LogP contribution in [-0.2, 0) is 4.79 Å². The molecule has 226 valence electrons. The molecule has 0 atom stereocenters. The highest BCUT2D eigenvalue weighted by atomic mass is 19.1. The second kappa shape index (κ2) is 12.8. The third-order valence-electron chi connectivity index (χ3n) is 7.55. The molecule has 0 aliphatic carbocycles. The van der Waals surface area contributed by atoms with E-state index in [4.69, 9.17) is 9.72 Å². The van der Waals surface area contributed by atoms with E-state index in [-0.39, 0.29) is 18.3 Å². The minimum absolute atomic E-state index is 0.0925. The summed E-state index contributed by atoms with van der Waals surface area (Å²) in [7, 11) is 0. The Bertz CT molecular complexity index is 1630. The molecular formula is C33H39FN6O3. The predicted octanol–water partition coefficient (Wildman–Crippen LogP) is 6.14. The molecule has 10 heteroatoms. The summed E-state index contributed by atoms with van der Waals surface area (Å²) in [5.74, 6) is 0.801. The molecule has 0 bridgehead atoms. The zero-order valence-corrected chi connectivity index (χ0v) is 25.6. The summed E-state index contributed by atoms with van der Waals surface area (Å²) in [4.78, 5) is 20.0. The van der Waals surface area contributed by atoms with Crippen molar-refractivity contribution in [3.05, 3.63) is 71.9 Å². The zero-order valence-electron chi connectivity index (χ0n) is 25.6. The first kappa shape index (κ1) is 31.4. The molecule has 4 aromatic rings. The number of aliphatic hydroxyl groups is 1. The topological polar surface area (TPSA) is 116 Å². The molecule has 2 N–H and O–H groups in total. The van der Waals surface area contributed by atoms with Gasteiger partial charge in [0.25, 0.3) is 0 Å². The van der Waals surface area contributed by atoms with E-state index < -0.39 is 11.0 Å². The van der Waals surface area contributed by atoms with E-state index in [0.717, 1.165) is 22.5 Å². The Kier molecular flexibility index (Phi) is 9.36. The lowest BCUT2D eigenvalue weighted by atomic mass is 9.79. The van der Waals surface area contributed by atoms with Crippen molar-refractivity contribution in [3.8, 4) is 22.9 Å². The molecule has 0 saturated carbocycles. The van der Waals surface area contributed by atoms with Gasteiger partial charge in [-0.1, -0.05) is 26.8 Å². The van der Waals surface area contributed by atoms with Gasteiger partial charge in [0.15, 0.2) is 0 Å². The highest BCUT2D eigenvalue weighted by molar-refractivity contribution is 5.96. The average molecular weight is 587 g/mol. The van der Waals surface area contributed by atoms with Gasteiger partial charge in [-0.3, -0.25) is 4.79 Å². The standard InChI is InChI=1S/C31H33FN6O3.C2H6/c1-20-5-7-23(32)13-26(20)36-29(39)31(4)9-11-37(12-10-31)27-8-6-21(16-34-27)25-14-24(41-19-30(2,3)40)18-38-28(25)22(15-33)17-35-38;1-2/h5-8,13-14,16-18,40H,9-12,19H2,1-4H3,(H,36,39);1-2H3. The van der Waals surface area contributed by atoms with Crippen LogP contribution in [0.25, 0.3) is 16.6 Å². The Morgan fingerprint density at radius 2 is 1.91 bits per heavy atom. The molecule has 5 rings (SSSR count). The Balaban J connectivity index is 0.00000207. The van der Waals surface area contributed by atoms with Gasteiger partial charge in [-0.05, 0) is 69.5 Å². The number of fused-ring (bicyclic) bond motifs is 1. The third-order valence-corrected chi connectivity index (χ3v) is 7.55. The van der Waals surface area contributed by atoms with E-state index in [1.54, 1.807) is 36.8 Å². The van der Waals surface area contributed by atoms with Crippen molar-refractivity contribution < 1.29 is 19.0 Å². The van der Waals surface area contributed by atoms with Crippen molar-refractivity contribution >= 4 is 22.9 Å². The van der Waals surface area contributed by atoms with Crippen LogP contribution in [0.5, 0.6) is 5.75 Å². The quantitative estimate of drug-likeness (QED) is 0.267. The summed E-state index contributed by atoms with van der Waals surface area (Å²) in [6.45, 7) is 12.5. The van der Waals surface area contributed by atoms with E-state index in [0.29, 0.717) is 48.4 Å². The highest BCUT2D eigenvalue weighted by Gasteiger charge is 2.37. The fourth-order valence-electron chi connectivity index (χ4n) is 4.93. The van der Waals surface area contributed by atoms with Crippen molar-refractivity contribution in [3.63, 3.8) is 0 Å². The highest BCUT2D eigenvalue weighted by Crippen LogP contribution is 2.36. The second-order valence-corrected chi connectivity index (χ2v) is 11.5. The number of nitrogens with one attached hydrogen (secondary N) is 1. The van der Waals surface area contributed by atoms with Crippen LogP contribution >= 0.6 is 0 Å². The van der Waals surface area contributed by atoms with Gasteiger partial charge >= 0.3 is 0 Å². The number of hydrogen-bond donors (Lipinski definition) is 2. The molecule has 1 aromatic carbocycles. The van der Waals surface area contributed by atoms with Crippen molar-refractivity contribution in [2.45, 2.75) is 60.0 Å². The lowest BCUT2D eigenvalue weighted by Gasteiger charge is -2.38. The number of aromatic nitrogens is 3. The van der Waals surface area contributed by atoms with E-state index in [1.807, 2.05) is 45.9 Å². The van der Waals surface area contributed by atoms with Crippen molar-refractivity contribution in [2.75, 3.05) is 29.9 Å². The number of benzene rings is 1. The summed E-state index contributed by atoms with van der Waals surface area (Å²) >= 11 is 0. The fraction of sp³-hybridized carbons (Fsp3) is 0.394. The normalized spacial score (nSPS) is 14.4. The molecule has 43 heavy (non-hydrogen) atoms. The van der Waals surface area contributed by atoms with Gasteiger partial charge in [0, 0.05) is 36.1 Å². The zero-order chi connectivity index (χ0) is 31.4. The number of pyridine rings is 2. The molecule has 1 aliphatic rings. The number of anilines is 2. The number of hydrogen-bond acceptors (Lipinski definition) is 7. The first-order valence-electron chi connectivity index (χ1n) is 14.5. The van der Waals surface area contributed by atoms with Crippen LogP contribution in [0, 0.1) is 29.5 Å². The first-order valence-corrected chi connectivity index (χ1v) is 14.5. The molecule has 1 aliphatic heterocycles. The van der Waals surface area contributed by atoms with Crippen LogP contribution in [-0.4, -0.2) is 50.9 Å². The Morgan fingerprint density at radius 1 is 1.19 bits per heavy atom. The lowest BCUT2D eigenvalue weighted by Crippen LogP contribution is -2.45. The van der Waals surface area contributed by atoms with Gasteiger partial charge in [-0.15, -0.1) is 0 Å². The maximum atomic E-state index is 13.7. The number of nitrogens with zero attached hydrogens (tertiary/aromatic N) is 5. The Labute approximate surface area is 251 Å². The number of carbonyl (C=O) groups excluding carboxylic acids is 1. The molecule has 0 radical (unpaired) electrons. The Hall–Kier alpha value is -4.49. The minimum Gasteiger partial charge on any atom is -0.489 e. The minimum atomic E-state index is -1.01. The van der Waals surface area contributed by atoms with Crippen LogP contribution in [0.15, 0.2) is 55.0 Å². The molecule has 1 amide bonds. The third kappa shape index (κ3) is 7.12. The summed E-state index contributed by atoms with van der Waals surface area (Å²) < 4.78 is 21.1. The molecule has 1 saturated heterocycles. The van der Waals surface area contributed by atoms with E-state index in [1.165, 1.54) is 18.3 Å². The number of halogens is 1. The van der Waals surface area contributed by atoms with Crippen LogP contribution in [0.1, 0.15) is 58.6 Å². The van der Waals surface area contributed by atoms with Crippen LogP contribution in [0.3, 0.4) is 0 Å². The van der Waals surface area contributed by atoms with Crippen LogP contribution in [0.2, 0.25) is 0 Å². The number of nitriles is 1. The molecule has 1 fully saturated rings. The number of piperidine rings is 1. The molecule has 3 aromatic heterocycles. The van der Waals surface area contributed by atoms with Crippen molar-refractivity contribution in [2.24, 2.45) is 5.41 Å². The van der Waals surface area contributed by atoms with Gasteiger partial charge in [-0.25, -0.2) is 13.9 Å².